The average molecular weight is 473 g/mol. The van der Waals surface area contributed by atoms with Crippen molar-refractivity contribution < 1.29 is 19.4 Å². The Bertz CT molecular complexity index is 1410. The summed E-state index contributed by atoms with van der Waals surface area (Å²) in [5, 5.41) is 13.1. The molecular weight excluding hydrogens is 444 g/mol. The fourth-order valence-electron chi connectivity index (χ4n) is 4.47. The molecule has 1 unspecified atom stereocenters. The van der Waals surface area contributed by atoms with E-state index >= 15 is 0 Å². The summed E-state index contributed by atoms with van der Waals surface area (Å²) in [6.07, 6.45) is 5.26. The first-order valence-corrected chi connectivity index (χ1v) is 11.4. The first kappa shape index (κ1) is 23.9. The fraction of sp³-hybridized carbons (Fsp3) is 0.259. The number of hydrogen-bond acceptors (Lipinski definition) is 6. The van der Waals surface area contributed by atoms with E-state index in [9.17, 15) is 14.7 Å². The van der Waals surface area contributed by atoms with Gasteiger partial charge < -0.3 is 15.2 Å². The molecule has 8 heteroatoms. The highest BCUT2D eigenvalue weighted by molar-refractivity contribution is 6.04. The van der Waals surface area contributed by atoms with Crippen molar-refractivity contribution in [3.63, 3.8) is 0 Å². The molecule has 0 aliphatic carbocycles. The lowest BCUT2D eigenvalue weighted by Gasteiger charge is -2.29. The van der Waals surface area contributed by atoms with Gasteiger partial charge in [0.15, 0.2) is 0 Å². The Hall–Kier alpha value is -4.20. The molecule has 0 fully saturated rings. The topological polar surface area (TPSA) is 106 Å². The number of esters is 1. The molecule has 2 aromatic heterocycles. The van der Waals surface area contributed by atoms with Gasteiger partial charge in [-0.3, -0.25) is 9.55 Å². The van der Waals surface area contributed by atoms with Crippen molar-refractivity contribution in [2.24, 2.45) is 5.92 Å². The monoisotopic (exact) mass is 472 g/mol. The van der Waals surface area contributed by atoms with Crippen molar-refractivity contribution >= 4 is 28.7 Å². The van der Waals surface area contributed by atoms with Crippen molar-refractivity contribution in [1.29, 1.82) is 0 Å². The second-order valence-corrected chi connectivity index (χ2v) is 8.61. The second kappa shape index (κ2) is 9.58. The number of aliphatic carboxylic acids is 1. The van der Waals surface area contributed by atoms with Gasteiger partial charge in [0.1, 0.15) is 11.3 Å². The van der Waals surface area contributed by atoms with Crippen LogP contribution in [-0.2, 0) is 14.3 Å². The van der Waals surface area contributed by atoms with E-state index in [0.717, 1.165) is 33.7 Å². The number of nitrogens with zero attached hydrogens (tertiary/aromatic N) is 3. The number of ether oxygens (including phenoxy) is 1. The van der Waals surface area contributed by atoms with Crippen molar-refractivity contribution in [3.05, 3.63) is 82.6 Å². The van der Waals surface area contributed by atoms with Gasteiger partial charge in [0.25, 0.3) is 0 Å². The second-order valence-electron chi connectivity index (χ2n) is 8.61. The van der Waals surface area contributed by atoms with Crippen LogP contribution in [-0.4, -0.2) is 38.2 Å². The number of aryl methyl sites for hydroxylation is 1. The number of hydrogen-bond donors (Lipinski definition) is 2. The van der Waals surface area contributed by atoms with Gasteiger partial charge in [-0.05, 0) is 58.4 Å². The molecule has 1 aliphatic rings. The molecule has 0 saturated carbocycles. The zero-order chi connectivity index (χ0) is 25.3. The summed E-state index contributed by atoms with van der Waals surface area (Å²) >= 11 is 0. The van der Waals surface area contributed by atoms with Crippen LogP contribution in [0, 0.1) is 12.8 Å². The lowest BCUT2D eigenvalue weighted by Crippen LogP contribution is -2.32. The van der Waals surface area contributed by atoms with Gasteiger partial charge in [0, 0.05) is 23.5 Å². The lowest BCUT2D eigenvalue weighted by molar-refractivity contribution is -0.138. The van der Waals surface area contributed by atoms with Gasteiger partial charge in [-0.15, -0.1) is 0 Å². The number of allylic oxidation sites excluding steroid dienone is 3. The Labute approximate surface area is 203 Å². The van der Waals surface area contributed by atoms with E-state index in [1.165, 1.54) is 0 Å². The minimum Gasteiger partial charge on any atom is -0.478 e. The van der Waals surface area contributed by atoms with E-state index in [0.29, 0.717) is 11.4 Å². The molecule has 8 nitrogen and oxygen atoms in total. The SMILES string of the molecule is CCOC(=O)C1=C(c2ccc(-n3c(C)nc4cnccc43)cc2)NC(C)=C(C(=O)O)C1C=C(C)C. The molecule has 4 rings (SSSR count). The first-order valence-electron chi connectivity index (χ1n) is 11.4. The normalized spacial score (nSPS) is 15.7. The van der Waals surface area contributed by atoms with Crippen molar-refractivity contribution in [3.8, 4) is 5.69 Å². The van der Waals surface area contributed by atoms with Crippen LogP contribution in [0.5, 0.6) is 0 Å². The molecule has 1 atom stereocenters. The standard InChI is InChI=1S/C27H28N4O4/c1-6-35-27(34)24-20(13-15(2)3)23(26(32)33)16(4)29-25(24)18-7-9-19(10-8-18)31-17(5)30-21-14-28-12-11-22(21)31/h7-14,20,29H,6H2,1-5H3,(H,32,33). The number of carbonyl (C=O) groups excluding carboxylic acids is 1. The van der Waals surface area contributed by atoms with Gasteiger partial charge in [0.05, 0.1) is 35.2 Å². The van der Waals surface area contributed by atoms with Crippen LogP contribution in [0.1, 0.15) is 39.1 Å². The molecule has 35 heavy (non-hydrogen) atoms. The summed E-state index contributed by atoms with van der Waals surface area (Å²) in [5.41, 5.74) is 5.74. The van der Waals surface area contributed by atoms with Crippen molar-refractivity contribution in [1.82, 2.24) is 19.9 Å². The molecule has 0 bridgehead atoms. The van der Waals surface area contributed by atoms with Crippen molar-refractivity contribution in [2.45, 2.75) is 34.6 Å². The Morgan fingerprint density at radius 3 is 2.49 bits per heavy atom. The van der Waals surface area contributed by atoms with E-state index in [1.54, 1.807) is 32.3 Å². The number of pyridine rings is 1. The number of imidazole rings is 1. The number of rotatable bonds is 6. The van der Waals surface area contributed by atoms with Crippen molar-refractivity contribution in [2.75, 3.05) is 6.61 Å². The van der Waals surface area contributed by atoms with Crippen LogP contribution in [0.15, 0.2) is 71.2 Å². The van der Waals surface area contributed by atoms with Crippen LogP contribution in [0.4, 0.5) is 0 Å². The zero-order valence-corrected chi connectivity index (χ0v) is 20.4. The molecule has 3 heterocycles. The van der Waals surface area contributed by atoms with Crippen LogP contribution < -0.4 is 5.32 Å². The van der Waals surface area contributed by atoms with E-state index in [1.807, 2.05) is 55.7 Å². The third kappa shape index (κ3) is 4.47. The Balaban J connectivity index is 1.86. The molecule has 3 aromatic rings. The largest absolute Gasteiger partial charge is 0.478 e. The highest BCUT2D eigenvalue weighted by Gasteiger charge is 2.36. The van der Waals surface area contributed by atoms with Gasteiger partial charge >= 0.3 is 11.9 Å². The summed E-state index contributed by atoms with van der Waals surface area (Å²) in [6, 6.07) is 9.62. The molecule has 0 radical (unpaired) electrons. The molecule has 2 N–H and O–H groups in total. The van der Waals surface area contributed by atoms with Gasteiger partial charge in [0.2, 0.25) is 0 Å². The third-order valence-corrected chi connectivity index (χ3v) is 5.87. The summed E-state index contributed by atoms with van der Waals surface area (Å²) in [6.45, 7) is 9.31. The number of nitrogens with one attached hydrogen (secondary N) is 1. The zero-order valence-electron chi connectivity index (χ0n) is 20.4. The first-order chi connectivity index (χ1) is 16.7. The summed E-state index contributed by atoms with van der Waals surface area (Å²) in [7, 11) is 0. The molecule has 1 aliphatic heterocycles. The Morgan fingerprint density at radius 1 is 1.14 bits per heavy atom. The Kier molecular flexibility index (Phi) is 6.55. The molecular formula is C27H28N4O4. The number of aromatic nitrogens is 3. The van der Waals surface area contributed by atoms with Crippen LogP contribution in [0.2, 0.25) is 0 Å². The fourth-order valence-corrected chi connectivity index (χ4v) is 4.47. The minimum atomic E-state index is -1.08. The molecule has 0 saturated heterocycles. The molecule has 180 valence electrons. The lowest BCUT2D eigenvalue weighted by atomic mass is 9.82. The number of benzene rings is 1. The maximum atomic E-state index is 13.1. The molecule has 0 spiro atoms. The third-order valence-electron chi connectivity index (χ3n) is 5.87. The average Bonchev–Trinajstić information content (AvgIpc) is 3.14. The predicted octanol–water partition coefficient (Wildman–Crippen LogP) is 4.55. The predicted molar refractivity (Wildman–Crippen MR) is 134 cm³/mol. The van der Waals surface area contributed by atoms with Gasteiger partial charge in [-0.2, -0.15) is 0 Å². The van der Waals surface area contributed by atoms with Gasteiger partial charge in [-0.1, -0.05) is 23.8 Å². The number of dihydropyridines is 1. The highest BCUT2D eigenvalue weighted by atomic mass is 16.5. The smallest absolute Gasteiger partial charge is 0.337 e. The number of carbonyl (C=O) groups is 2. The van der Waals surface area contributed by atoms with Crippen LogP contribution in [0.25, 0.3) is 22.4 Å². The summed E-state index contributed by atoms with van der Waals surface area (Å²) < 4.78 is 7.39. The summed E-state index contributed by atoms with van der Waals surface area (Å²) in [5.74, 6) is -1.53. The van der Waals surface area contributed by atoms with E-state index in [4.69, 9.17) is 4.74 Å². The minimum absolute atomic E-state index is 0.128. The highest BCUT2D eigenvalue weighted by Crippen LogP contribution is 2.36. The maximum absolute atomic E-state index is 13.1. The van der Waals surface area contributed by atoms with Crippen LogP contribution >= 0.6 is 0 Å². The number of fused-ring (bicyclic) bond motifs is 1. The Morgan fingerprint density at radius 2 is 1.86 bits per heavy atom. The van der Waals surface area contributed by atoms with Crippen LogP contribution in [0.3, 0.4) is 0 Å². The molecule has 1 aromatic carbocycles. The quantitative estimate of drug-likeness (QED) is 0.400. The number of carboxylic acid groups (broad SMARTS) is 1. The number of carboxylic acids is 1. The van der Waals surface area contributed by atoms with E-state index in [2.05, 4.69) is 15.3 Å². The van der Waals surface area contributed by atoms with E-state index in [-0.39, 0.29) is 17.8 Å². The van der Waals surface area contributed by atoms with E-state index < -0.39 is 17.9 Å². The summed E-state index contributed by atoms with van der Waals surface area (Å²) in [4.78, 5) is 34.0. The molecule has 0 amide bonds. The maximum Gasteiger partial charge on any atom is 0.337 e. The van der Waals surface area contributed by atoms with Gasteiger partial charge in [-0.25, -0.2) is 14.6 Å².